The van der Waals surface area contributed by atoms with Crippen LogP contribution in [0.4, 0.5) is 5.69 Å². The first-order valence-corrected chi connectivity index (χ1v) is 4.97. The van der Waals surface area contributed by atoms with Crippen molar-refractivity contribution in [3.63, 3.8) is 0 Å². The predicted molar refractivity (Wildman–Crippen MR) is 60.8 cm³/mol. The summed E-state index contributed by atoms with van der Waals surface area (Å²) in [5.41, 5.74) is 10.9. The molecule has 0 radical (unpaired) electrons. The van der Waals surface area contributed by atoms with Gasteiger partial charge in [-0.1, -0.05) is 29.8 Å². The van der Waals surface area contributed by atoms with Crippen LogP contribution in [0.5, 0.6) is 0 Å². The highest BCUT2D eigenvalue weighted by atomic mass is 16.8. The summed E-state index contributed by atoms with van der Waals surface area (Å²) in [5, 5.41) is 16.9. The number of amidine groups is 1. The Morgan fingerprint density at radius 2 is 2.29 bits per heavy atom. The molecule has 17 heavy (non-hydrogen) atoms. The molecular formula is C10H13N5O2. The van der Waals surface area contributed by atoms with Gasteiger partial charge in [-0.05, 0) is 12.1 Å². The van der Waals surface area contributed by atoms with E-state index < -0.39 is 0 Å². The van der Waals surface area contributed by atoms with E-state index >= 15 is 0 Å². The Bertz CT molecular complexity index is 483. The fourth-order valence-corrected chi connectivity index (χ4v) is 1.37. The van der Waals surface area contributed by atoms with Gasteiger partial charge in [0.15, 0.2) is 11.5 Å². The Morgan fingerprint density at radius 3 is 2.88 bits per heavy atom. The number of hydrogen-bond acceptors (Lipinski definition) is 5. The molecule has 0 saturated heterocycles. The van der Waals surface area contributed by atoms with Crippen molar-refractivity contribution in [2.75, 3.05) is 0 Å². The van der Waals surface area contributed by atoms with E-state index in [9.17, 15) is 5.21 Å². The first kappa shape index (κ1) is 11.2. The van der Waals surface area contributed by atoms with Crippen LogP contribution in [-0.2, 0) is 4.94 Å². The van der Waals surface area contributed by atoms with Crippen molar-refractivity contribution >= 4 is 11.5 Å². The van der Waals surface area contributed by atoms with E-state index in [-0.39, 0.29) is 11.7 Å². The van der Waals surface area contributed by atoms with Crippen LogP contribution < -0.4 is 16.7 Å². The molecule has 0 unspecified atom stereocenters. The molecule has 7 nitrogen and oxygen atoms in total. The maximum Gasteiger partial charge on any atom is 0.197 e. The molecule has 0 aromatic heterocycles. The fourth-order valence-electron chi connectivity index (χ4n) is 1.37. The number of nitrogens with zero attached hydrogens (tertiary/aromatic N) is 2. The van der Waals surface area contributed by atoms with E-state index in [1.54, 1.807) is 0 Å². The molecule has 1 aromatic rings. The highest BCUT2D eigenvalue weighted by Gasteiger charge is 2.15. The Hall–Kier alpha value is -2.25. The van der Waals surface area contributed by atoms with E-state index in [1.807, 2.05) is 31.2 Å². The zero-order chi connectivity index (χ0) is 12.3. The second-order valence-electron chi connectivity index (χ2n) is 3.46. The Morgan fingerprint density at radius 1 is 1.53 bits per heavy atom. The number of aryl methyl sites for hydroxylation is 1. The largest absolute Gasteiger partial charge is 0.606 e. The zero-order valence-electron chi connectivity index (χ0n) is 9.21. The van der Waals surface area contributed by atoms with Crippen molar-refractivity contribution in [1.82, 2.24) is 5.48 Å². The van der Waals surface area contributed by atoms with Crippen LogP contribution in [0.15, 0.2) is 40.9 Å². The normalized spacial score (nSPS) is 16.9. The second-order valence-corrected chi connectivity index (χ2v) is 3.46. The monoisotopic (exact) mass is 235 g/mol. The minimum Gasteiger partial charge on any atom is -0.606 e. The molecule has 0 aliphatic carbocycles. The molecule has 1 aliphatic heterocycles. The number of para-hydroxylation sites is 1. The third-order valence-electron chi connectivity index (χ3n) is 2.28. The van der Waals surface area contributed by atoms with Crippen LogP contribution in [-0.4, -0.2) is 11.0 Å². The first-order chi connectivity index (χ1) is 8.22. The summed E-state index contributed by atoms with van der Waals surface area (Å²) in [6.45, 7) is 1.93. The molecule has 0 saturated carbocycles. The van der Waals surface area contributed by atoms with E-state index in [2.05, 4.69) is 20.9 Å². The summed E-state index contributed by atoms with van der Waals surface area (Å²) in [6.07, 6.45) is 0. The molecule has 6 N–H and O–H groups in total. The fraction of sp³-hybridized carbons (Fsp3) is 0.100. The van der Waals surface area contributed by atoms with Gasteiger partial charge in [-0.2, -0.15) is 11.0 Å². The maximum atomic E-state index is 9.17. The van der Waals surface area contributed by atoms with Crippen LogP contribution in [0, 0.1) is 6.92 Å². The van der Waals surface area contributed by atoms with Crippen LogP contribution in [0.25, 0.3) is 5.32 Å². The average Bonchev–Trinajstić information content (AvgIpc) is 2.75. The van der Waals surface area contributed by atoms with E-state index in [0.717, 1.165) is 16.7 Å². The lowest BCUT2D eigenvalue weighted by atomic mass is 10.2. The number of hydroxylamine groups is 2. The van der Waals surface area contributed by atoms with Crippen molar-refractivity contribution in [2.24, 2.45) is 10.9 Å². The Balaban J connectivity index is 2.28. The summed E-state index contributed by atoms with van der Waals surface area (Å²) >= 11 is 0. The number of hydrogen-bond donors (Lipinski definition) is 4. The Kier molecular flexibility index (Phi) is 3.12. The van der Waals surface area contributed by atoms with Gasteiger partial charge in [-0.25, -0.2) is 5.21 Å². The van der Waals surface area contributed by atoms with Crippen molar-refractivity contribution < 1.29 is 15.6 Å². The van der Waals surface area contributed by atoms with Crippen LogP contribution in [0.2, 0.25) is 0 Å². The third kappa shape index (κ3) is 2.30. The average molecular weight is 235 g/mol. The molecule has 7 heteroatoms. The number of nitrogens with one attached hydrogen (secondary N) is 1. The van der Waals surface area contributed by atoms with Gasteiger partial charge in [0, 0.05) is 0 Å². The SMILES string of the molecule is Cc1ccccc1[N-]C([NH2+]O)=C1NON=C1N. The van der Waals surface area contributed by atoms with Gasteiger partial charge in [-0.15, -0.1) is 5.69 Å². The summed E-state index contributed by atoms with van der Waals surface area (Å²) < 4.78 is 0. The van der Waals surface area contributed by atoms with Crippen molar-refractivity contribution in [1.29, 1.82) is 0 Å². The highest BCUT2D eigenvalue weighted by molar-refractivity contribution is 5.97. The molecule has 1 heterocycles. The van der Waals surface area contributed by atoms with Crippen LogP contribution in [0.1, 0.15) is 5.56 Å². The lowest BCUT2D eigenvalue weighted by Gasteiger charge is -2.23. The minimum absolute atomic E-state index is 0.141. The van der Waals surface area contributed by atoms with Crippen molar-refractivity contribution in [3.05, 3.63) is 46.7 Å². The van der Waals surface area contributed by atoms with Gasteiger partial charge < -0.3 is 11.1 Å². The summed E-state index contributed by atoms with van der Waals surface area (Å²) in [7, 11) is 0. The third-order valence-corrected chi connectivity index (χ3v) is 2.28. The van der Waals surface area contributed by atoms with Gasteiger partial charge >= 0.3 is 0 Å². The molecule has 0 fully saturated rings. The molecule has 0 atom stereocenters. The second kappa shape index (κ2) is 4.73. The number of quaternary nitrogens is 1. The topological polar surface area (TPSA) is 111 Å². The molecule has 1 aliphatic rings. The lowest BCUT2D eigenvalue weighted by Crippen LogP contribution is -2.79. The standard InChI is InChI=1S/C10H12N5O2/c1-6-4-2-3-5-7(6)12-10(13-16)8-9(11)15-17-14-8/h2-5,13-14,16H,1H3,(H2,11,15)/q-1/p+1. The number of nitrogens with two attached hydrogens (primary N) is 2. The molecule has 1 aromatic carbocycles. The quantitative estimate of drug-likeness (QED) is 0.549. The summed E-state index contributed by atoms with van der Waals surface area (Å²) in [4.78, 5) is 4.58. The van der Waals surface area contributed by atoms with Crippen LogP contribution in [0.3, 0.4) is 0 Å². The van der Waals surface area contributed by atoms with Gasteiger partial charge in [0.2, 0.25) is 0 Å². The lowest BCUT2D eigenvalue weighted by molar-refractivity contribution is -0.849. The van der Waals surface area contributed by atoms with Crippen molar-refractivity contribution in [3.8, 4) is 0 Å². The van der Waals surface area contributed by atoms with Crippen LogP contribution >= 0.6 is 0 Å². The van der Waals surface area contributed by atoms with Gasteiger partial charge in [0.05, 0.1) is 5.82 Å². The van der Waals surface area contributed by atoms with Crippen molar-refractivity contribution in [2.45, 2.75) is 6.92 Å². The van der Waals surface area contributed by atoms with Gasteiger partial charge in [0.25, 0.3) is 0 Å². The number of oxime groups is 1. The molecule has 90 valence electrons. The maximum absolute atomic E-state index is 9.17. The van der Waals surface area contributed by atoms with E-state index in [0.29, 0.717) is 5.70 Å². The zero-order valence-corrected chi connectivity index (χ0v) is 9.21. The molecule has 0 spiro atoms. The smallest absolute Gasteiger partial charge is 0.197 e. The number of rotatable bonds is 3. The first-order valence-electron chi connectivity index (χ1n) is 4.97. The van der Waals surface area contributed by atoms with Gasteiger partial charge in [0.1, 0.15) is 0 Å². The van der Waals surface area contributed by atoms with Gasteiger partial charge in [-0.3, -0.25) is 4.94 Å². The molecule has 0 bridgehead atoms. The molecular weight excluding hydrogens is 222 g/mol. The summed E-state index contributed by atoms with van der Waals surface area (Å²) in [5.74, 6) is 0.403. The molecule has 2 rings (SSSR count). The van der Waals surface area contributed by atoms with E-state index in [1.165, 1.54) is 0 Å². The molecule has 0 amide bonds. The number of benzene rings is 1. The minimum atomic E-state index is 0.141. The van der Waals surface area contributed by atoms with E-state index in [4.69, 9.17) is 5.73 Å². The Labute approximate surface area is 97.9 Å². The highest BCUT2D eigenvalue weighted by Crippen LogP contribution is 2.26. The summed E-state index contributed by atoms with van der Waals surface area (Å²) in [6, 6.07) is 7.54. The predicted octanol–water partition coefficient (Wildman–Crippen LogP) is -0.0711.